The van der Waals surface area contributed by atoms with Crippen molar-refractivity contribution < 1.29 is 18.7 Å². The van der Waals surface area contributed by atoms with Gasteiger partial charge in [-0.2, -0.15) is 0 Å². The van der Waals surface area contributed by atoms with E-state index in [2.05, 4.69) is 17.2 Å². The predicted molar refractivity (Wildman–Crippen MR) is 105 cm³/mol. The number of aromatic nitrogens is 1. The summed E-state index contributed by atoms with van der Waals surface area (Å²) in [6, 6.07) is 0.996. The minimum absolute atomic E-state index is 0.0342. The second-order valence-corrected chi connectivity index (χ2v) is 7.65. The summed E-state index contributed by atoms with van der Waals surface area (Å²) in [5.41, 5.74) is -0.768. The Morgan fingerprint density at radius 3 is 2.69 bits per heavy atom. The summed E-state index contributed by atoms with van der Waals surface area (Å²) >= 11 is 0. The van der Waals surface area contributed by atoms with Crippen molar-refractivity contribution in [1.82, 2.24) is 9.88 Å². The first-order chi connectivity index (χ1) is 13.9. The van der Waals surface area contributed by atoms with Gasteiger partial charge in [-0.15, -0.1) is 0 Å². The van der Waals surface area contributed by atoms with Crippen LogP contribution in [0.4, 0.5) is 8.78 Å². The summed E-state index contributed by atoms with van der Waals surface area (Å²) < 4.78 is 30.8. The summed E-state index contributed by atoms with van der Waals surface area (Å²) in [7, 11) is 0. The van der Waals surface area contributed by atoms with E-state index in [0.717, 1.165) is 38.3 Å². The summed E-state index contributed by atoms with van der Waals surface area (Å²) in [5.74, 6) is 2.05. The first kappa shape index (κ1) is 19.6. The second-order valence-electron chi connectivity index (χ2n) is 7.65. The van der Waals surface area contributed by atoms with E-state index < -0.39 is 23.0 Å². The molecule has 7 heteroatoms. The van der Waals surface area contributed by atoms with Gasteiger partial charge in [-0.3, -0.25) is 4.79 Å². The van der Waals surface area contributed by atoms with Crippen molar-refractivity contribution in [3.63, 3.8) is 0 Å². The molecule has 2 aromatic rings. The zero-order chi connectivity index (χ0) is 20.7. The van der Waals surface area contributed by atoms with Crippen LogP contribution in [0.25, 0.3) is 10.9 Å². The Morgan fingerprint density at radius 1 is 1.34 bits per heavy atom. The van der Waals surface area contributed by atoms with Gasteiger partial charge in [0.2, 0.25) is 5.43 Å². The lowest BCUT2D eigenvalue weighted by Gasteiger charge is -2.19. The van der Waals surface area contributed by atoms with E-state index in [-0.39, 0.29) is 34.1 Å². The van der Waals surface area contributed by atoms with Crippen molar-refractivity contribution in [2.24, 2.45) is 0 Å². The van der Waals surface area contributed by atoms with Gasteiger partial charge in [0.25, 0.3) is 0 Å². The minimum Gasteiger partial charge on any atom is -0.477 e. The molecule has 4 rings (SSSR count). The van der Waals surface area contributed by atoms with E-state index >= 15 is 0 Å². The van der Waals surface area contributed by atoms with Crippen LogP contribution in [0.3, 0.4) is 0 Å². The highest BCUT2D eigenvalue weighted by atomic mass is 19.2. The van der Waals surface area contributed by atoms with E-state index in [1.165, 1.54) is 0 Å². The standard InChI is InChI=1S/C22H22F2N2O3/c1-2-17-18(22(28)29)21(27)15-11-16(23)19(24)14(20(15)26(17)13-8-9-13)7-3-5-12-6-4-10-25-12/h11-13,25H,2,4-6,8-10H2,1H3,(H,28,29). The zero-order valence-corrected chi connectivity index (χ0v) is 16.1. The first-order valence-electron chi connectivity index (χ1n) is 9.98. The highest BCUT2D eigenvalue weighted by Crippen LogP contribution is 2.40. The van der Waals surface area contributed by atoms with Gasteiger partial charge in [-0.25, -0.2) is 13.6 Å². The molecule has 1 aromatic carbocycles. The molecule has 0 amide bonds. The number of carbonyl (C=O) groups is 1. The number of nitrogens with zero attached hydrogens (tertiary/aromatic N) is 1. The number of benzene rings is 1. The fourth-order valence-corrected chi connectivity index (χ4v) is 4.17. The average molecular weight is 400 g/mol. The lowest BCUT2D eigenvalue weighted by molar-refractivity contribution is 0.0693. The third-order valence-corrected chi connectivity index (χ3v) is 5.67. The van der Waals surface area contributed by atoms with Crippen molar-refractivity contribution in [3.05, 3.63) is 44.7 Å². The van der Waals surface area contributed by atoms with Crippen LogP contribution in [-0.2, 0) is 6.42 Å². The van der Waals surface area contributed by atoms with Crippen LogP contribution < -0.4 is 10.7 Å². The van der Waals surface area contributed by atoms with Crippen molar-refractivity contribution >= 4 is 16.9 Å². The molecular weight excluding hydrogens is 378 g/mol. The van der Waals surface area contributed by atoms with Gasteiger partial charge >= 0.3 is 5.97 Å². The van der Waals surface area contributed by atoms with Gasteiger partial charge in [0, 0.05) is 24.2 Å². The molecule has 2 aliphatic rings. The average Bonchev–Trinajstić information content (AvgIpc) is 3.39. The molecule has 1 aliphatic heterocycles. The molecule has 152 valence electrons. The smallest absolute Gasteiger partial charge is 0.341 e. The third kappa shape index (κ3) is 3.42. The van der Waals surface area contributed by atoms with Crippen molar-refractivity contribution in [2.45, 2.75) is 57.5 Å². The molecule has 1 aromatic heterocycles. The largest absolute Gasteiger partial charge is 0.477 e. The molecule has 0 radical (unpaired) electrons. The second kappa shape index (κ2) is 7.60. The quantitative estimate of drug-likeness (QED) is 0.772. The van der Waals surface area contributed by atoms with Gasteiger partial charge in [-0.05, 0) is 44.7 Å². The normalized spacial score (nSPS) is 18.7. The van der Waals surface area contributed by atoms with E-state index in [9.17, 15) is 23.5 Å². The maximum Gasteiger partial charge on any atom is 0.341 e. The summed E-state index contributed by atoms with van der Waals surface area (Å²) in [6.45, 7) is 2.67. The number of hydrogen-bond acceptors (Lipinski definition) is 3. The van der Waals surface area contributed by atoms with Gasteiger partial charge in [-0.1, -0.05) is 18.8 Å². The van der Waals surface area contributed by atoms with Crippen LogP contribution in [0.15, 0.2) is 10.9 Å². The number of hydrogen-bond donors (Lipinski definition) is 2. The topological polar surface area (TPSA) is 71.3 Å². The summed E-state index contributed by atoms with van der Waals surface area (Å²) in [6.07, 6.45) is 4.42. The van der Waals surface area contributed by atoms with Crippen molar-refractivity contribution in [1.29, 1.82) is 0 Å². The number of rotatable bonds is 4. The molecule has 1 unspecified atom stereocenters. The van der Waals surface area contributed by atoms with Crippen molar-refractivity contribution in [3.8, 4) is 11.8 Å². The molecule has 1 saturated carbocycles. The molecule has 1 atom stereocenters. The Labute approximate surface area is 166 Å². The fraction of sp³-hybridized carbons (Fsp3) is 0.455. The van der Waals surface area contributed by atoms with Crippen molar-refractivity contribution in [2.75, 3.05) is 6.54 Å². The van der Waals surface area contributed by atoms with E-state index in [1.807, 2.05) is 0 Å². The molecule has 0 bridgehead atoms. The number of nitrogens with one attached hydrogen (secondary N) is 1. The Balaban J connectivity index is 2.01. The molecule has 29 heavy (non-hydrogen) atoms. The maximum absolute atomic E-state index is 14.8. The minimum atomic E-state index is -1.35. The Morgan fingerprint density at radius 2 is 2.10 bits per heavy atom. The van der Waals surface area contributed by atoms with E-state index in [0.29, 0.717) is 18.5 Å². The maximum atomic E-state index is 14.8. The predicted octanol–water partition coefficient (Wildman–Crippen LogP) is 3.37. The van der Waals surface area contributed by atoms with Crippen LogP contribution in [0, 0.1) is 23.5 Å². The molecule has 0 spiro atoms. The molecule has 5 nitrogen and oxygen atoms in total. The number of fused-ring (bicyclic) bond motifs is 1. The van der Waals surface area contributed by atoms with Gasteiger partial charge in [0.1, 0.15) is 5.56 Å². The van der Waals surface area contributed by atoms with Crippen LogP contribution in [0.1, 0.15) is 66.7 Å². The molecule has 2 N–H and O–H groups in total. The van der Waals surface area contributed by atoms with E-state index in [1.54, 1.807) is 11.5 Å². The van der Waals surface area contributed by atoms with Gasteiger partial charge in [0.15, 0.2) is 11.6 Å². The van der Waals surface area contributed by atoms with Gasteiger partial charge < -0.3 is 15.0 Å². The Kier molecular flexibility index (Phi) is 5.13. The molecule has 2 heterocycles. The van der Waals surface area contributed by atoms with E-state index in [4.69, 9.17) is 0 Å². The van der Waals surface area contributed by atoms with Crippen LogP contribution >= 0.6 is 0 Å². The van der Waals surface area contributed by atoms with Crippen LogP contribution in [0.5, 0.6) is 0 Å². The number of carboxylic acid groups (broad SMARTS) is 1. The first-order valence-corrected chi connectivity index (χ1v) is 9.98. The zero-order valence-electron chi connectivity index (χ0n) is 16.1. The molecule has 1 aliphatic carbocycles. The number of aromatic carboxylic acids is 1. The SMILES string of the molecule is CCc1c(C(=O)O)c(=O)c2cc(F)c(F)c(C#CCC3CCCN3)c2n1C1CC1. The Bertz CT molecular complexity index is 1120. The monoisotopic (exact) mass is 400 g/mol. The number of pyridine rings is 1. The lowest BCUT2D eigenvalue weighted by Crippen LogP contribution is -2.25. The Hall–Kier alpha value is -2.72. The third-order valence-electron chi connectivity index (χ3n) is 5.67. The summed E-state index contributed by atoms with van der Waals surface area (Å²) in [5, 5.41) is 12.8. The molecule has 2 fully saturated rings. The fourth-order valence-electron chi connectivity index (χ4n) is 4.17. The van der Waals surface area contributed by atoms with Crippen LogP contribution in [-0.4, -0.2) is 28.2 Å². The lowest BCUT2D eigenvalue weighted by atomic mass is 10.0. The van der Waals surface area contributed by atoms with Gasteiger partial charge in [0.05, 0.1) is 16.5 Å². The number of halogens is 2. The highest BCUT2D eigenvalue weighted by molar-refractivity contribution is 5.96. The molecular formula is C22H22F2N2O3. The molecule has 1 saturated heterocycles. The number of carboxylic acids is 1. The highest BCUT2D eigenvalue weighted by Gasteiger charge is 2.32. The summed E-state index contributed by atoms with van der Waals surface area (Å²) in [4.78, 5) is 24.7. The van der Waals surface area contributed by atoms with Crippen LogP contribution in [0.2, 0.25) is 0 Å².